The van der Waals surface area contributed by atoms with Crippen LogP contribution in [0, 0.1) is 0 Å². The van der Waals surface area contributed by atoms with Crippen LogP contribution in [0.4, 0.5) is 10.5 Å². The molecule has 1 heterocycles. The second-order valence-electron chi connectivity index (χ2n) is 5.94. The van der Waals surface area contributed by atoms with E-state index in [0.717, 1.165) is 17.7 Å². The fourth-order valence-corrected chi connectivity index (χ4v) is 2.22. The van der Waals surface area contributed by atoms with Gasteiger partial charge in [-0.2, -0.15) is 0 Å². The fraction of sp³-hybridized carbons (Fsp3) is 0.533. The lowest BCUT2D eigenvalue weighted by atomic mass is 9.99. The molecule has 2 rings (SSSR count). The number of rotatable bonds is 2. The Morgan fingerprint density at radius 2 is 2.05 bits per heavy atom. The first-order valence-corrected chi connectivity index (χ1v) is 6.78. The average molecular weight is 278 g/mol. The molecule has 1 N–H and O–H groups in total. The van der Waals surface area contributed by atoms with Crippen LogP contribution in [0.3, 0.4) is 0 Å². The van der Waals surface area contributed by atoms with Crippen LogP contribution in [0.2, 0.25) is 0 Å². The first kappa shape index (κ1) is 14.7. The van der Waals surface area contributed by atoms with Gasteiger partial charge in [-0.05, 0) is 50.5 Å². The Bertz CT molecular complexity index is 494. The summed E-state index contributed by atoms with van der Waals surface area (Å²) in [5.41, 5.74) is 5.63. The number of carbonyl (C=O) groups excluding carboxylic acids is 1. The van der Waals surface area contributed by atoms with Crippen molar-refractivity contribution < 1.29 is 14.4 Å². The summed E-state index contributed by atoms with van der Waals surface area (Å²) in [5.74, 6) is 0. The van der Waals surface area contributed by atoms with Crippen molar-refractivity contribution in [2.45, 2.75) is 39.3 Å². The van der Waals surface area contributed by atoms with Crippen molar-refractivity contribution in [3.63, 3.8) is 0 Å². The molecule has 0 radical (unpaired) electrons. The summed E-state index contributed by atoms with van der Waals surface area (Å²) in [5, 5.41) is 0. The van der Waals surface area contributed by atoms with Gasteiger partial charge in [-0.25, -0.2) is 4.79 Å². The lowest BCUT2D eigenvalue weighted by Crippen LogP contribution is -2.39. The van der Waals surface area contributed by atoms with Gasteiger partial charge in [0.25, 0.3) is 0 Å². The Labute approximate surface area is 119 Å². The highest BCUT2D eigenvalue weighted by Gasteiger charge is 2.25. The average Bonchev–Trinajstić information content (AvgIpc) is 2.36. The van der Waals surface area contributed by atoms with Gasteiger partial charge >= 0.3 is 6.09 Å². The molecule has 5 nitrogen and oxygen atoms in total. The number of carbonyl (C=O) groups is 1. The van der Waals surface area contributed by atoms with E-state index in [4.69, 9.17) is 9.57 Å². The maximum atomic E-state index is 12.1. The molecule has 0 atom stereocenters. The van der Waals surface area contributed by atoms with Crippen molar-refractivity contribution in [2.75, 3.05) is 19.1 Å². The molecule has 0 saturated heterocycles. The second kappa shape index (κ2) is 5.71. The van der Waals surface area contributed by atoms with E-state index in [1.807, 2.05) is 32.9 Å². The van der Waals surface area contributed by atoms with Crippen LogP contribution < -0.4 is 5.48 Å². The Balaban J connectivity index is 2.09. The molecule has 0 unspecified atom stereocenters. The monoisotopic (exact) mass is 278 g/mol. The molecule has 1 aromatic rings. The smallest absolute Gasteiger partial charge is 0.410 e. The summed E-state index contributed by atoms with van der Waals surface area (Å²) in [6.07, 6.45) is 0.593. The summed E-state index contributed by atoms with van der Waals surface area (Å²) in [6, 6.07) is 6.06. The first-order valence-electron chi connectivity index (χ1n) is 6.78. The van der Waals surface area contributed by atoms with Crippen molar-refractivity contribution in [2.24, 2.45) is 0 Å². The van der Waals surface area contributed by atoms with Crippen LogP contribution in [0.25, 0.3) is 0 Å². The first-order chi connectivity index (χ1) is 9.39. The van der Waals surface area contributed by atoms with Crippen molar-refractivity contribution in [1.82, 2.24) is 4.90 Å². The van der Waals surface area contributed by atoms with Crippen LogP contribution in [0.1, 0.15) is 31.9 Å². The van der Waals surface area contributed by atoms with Crippen molar-refractivity contribution in [1.29, 1.82) is 0 Å². The van der Waals surface area contributed by atoms with Crippen LogP contribution >= 0.6 is 0 Å². The van der Waals surface area contributed by atoms with E-state index < -0.39 is 5.60 Å². The minimum absolute atomic E-state index is 0.256. The molecule has 110 valence electrons. The minimum Gasteiger partial charge on any atom is -0.444 e. The minimum atomic E-state index is -0.461. The van der Waals surface area contributed by atoms with Gasteiger partial charge in [-0.3, -0.25) is 10.3 Å². The molecule has 0 fully saturated rings. The molecule has 0 aliphatic carbocycles. The van der Waals surface area contributed by atoms with Gasteiger partial charge < -0.3 is 9.64 Å². The quantitative estimate of drug-likeness (QED) is 0.845. The molecular weight excluding hydrogens is 256 g/mol. The van der Waals surface area contributed by atoms with Crippen molar-refractivity contribution in [3.05, 3.63) is 29.3 Å². The number of ether oxygens (including phenoxy) is 1. The molecule has 0 spiro atoms. The van der Waals surface area contributed by atoms with Gasteiger partial charge in [-0.15, -0.1) is 0 Å². The summed E-state index contributed by atoms with van der Waals surface area (Å²) in [6.45, 7) is 6.90. The molecule has 1 aliphatic rings. The fourth-order valence-electron chi connectivity index (χ4n) is 2.22. The van der Waals surface area contributed by atoms with Crippen molar-refractivity contribution >= 4 is 11.8 Å². The van der Waals surface area contributed by atoms with E-state index in [1.165, 1.54) is 5.56 Å². The third-order valence-corrected chi connectivity index (χ3v) is 3.09. The SMILES string of the molecule is CONc1ccc2c(c1)CN(C(=O)OC(C)(C)C)CC2. The number of fused-ring (bicyclic) bond motifs is 1. The zero-order valence-electron chi connectivity index (χ0n) is 12.5. The molecule has 0 bridgehead atoms. The predicted octanol–water partition coefficient (Wildman–Crippen LogP) is 2.95. The molecule has 20 heavy (non-hydrogen) atoms. The summed E-state index contributed by atoms with van der Waals surface area (Å²) >= 11 is 0. The highest BCUT2D eigenvalue weighted by atomic mass is 16.6. The normalized spacial score (nSPS) is 14.7. The third kappa shape index (κ3) is 3.63. The second-order valence-corrected chi connectivity index (χ2v) is 5.94. The maximum Gasteiger partial charge on any atom is 0.410 e. The topological polar surface area (TPSA) is 50.8 Å². The molecule has 1 amide bonds. The number of nitrogens with one attached hydrogen (secondary N) is 1. The highest BCUT2D eigenvalue weighted by Crippen LogP contribution is 2.24. The summed E-state index contributed by atoms with van der Waals surface area (Å²) < 4.78 is 5.42. The van der Waals surface area contributed by atoms with Gasteiger partial charge in [0.15, 0.2) is 0 Å². The Morgan fingerprint density at radius 3 is 2.70 bits per heavy atom. The summed E-state index contributed by atoms with van der Waals surface area (Å²) in [4.78, 5) is 18.7. The van der Waals surface area contributed by atoms with Gasteiger partial charge in [0.2, 0.25) is 0 Å². The zero-order valence-corrected chi connectivity index (χ0v) is 12.5. The Hall–Kier alpha value is -1.75. The third-order valence-electron chi connectivity index (χ3n) is 3.09. The molecule has 0 saturated carbocycles. The summed E-state index contributed by atoms with van der Waals surface area (Å²) in [7, 11) is 1.58. The lowest BCUT2D eigenvalue weighted by Gasteiger charge is -2.31. The number of amides is 1. The maximum absolute atomic E-state index is 12.1. The number of anilines is 1. The molecule has 5 heteroatoms. The Morgan fingerprint density at radius 1 is 1.30 bits per heavy atom. The number of nitrogens with zero attached hydrogens (tertiary/aromatic N) is 1. The van der Waals surface area contributed by atoms with Crippen LogP contribution in [-0.2, 0) is 22.5 Å². The van der Waals surface area contributed by atoms with E-state index in [1.54, 1.807) is 12.0 Å². The van der Waals surface area contributed by atoms with Crippen LogP contribution in [0.5, 0.6) is 0 Å². The van der Waals surface area contributed by atoms with Gasteiger partial charge in [0.1, 0.15) is 5.60 Å². The molecular formula is C15H22N2O3. The zero-order chi connectivity index (χ0) is 14.8. The number of benzene rings is 1. The number of hydrogen-bond donors (Lipinski definition) is 1. The van der Waals surface area contributed by atoms with E-state index in [-0.39, 0.29) is 6.09 Å². The van der Waals surface area contributed by atoms with Gasteiger partial charge in [0.05, 0.1) is 12.8 Å². The van der Waals surface area contributed by atoms with E-state index in [0.29, 0.717) is 13.1 Å². The predicted molar refractivity (Wildman–Crippen MR) is 77.4 cm³/mol. The van der Waals surface area contributed by atoms with E-state index in [9.17, 15) is 4.79 Å². The molecule has 1 aliphatic heterocycles. The van der Waals surface area contributed by atoms with Crippen LogP contribution in [0.15, 0.2) is 18.2 Å². The lowest BCUT2D eigenvalue weighted by molar-refractivity contribution is 0.0224. The molecule has 1 aromatic carbocycles. The van der Waals surface area contributed by atoms with Crippen LogP contribution in [-0.4, -0.2) is 30.2 Å². The Kier molecular flexibility index (Phi) is 4.18. The highest BCUT2D eigenvalue weighted by molar-refractivity contribution is 5.69. The van der Waals surface area contributed by atoms with E-state index in [2.05, 4.69) is 11.5 Å². The van der Waals surface area contributed by atoms with E-state index >= 15 is 0 Å². The van der Waals surface area contributed by atoms with Gasteiger partial charge in [-0.1, -0.05) is 6.07 Å². The largest absolute Gasteiger partial charge is 0.444 e. The molecule has 0 aromatic heterocycles. The van der Waals surface area contributed by atoms with Gasteiger partial charge in [0, 0.05) is 13.1 Å². The number of hydrogen-bond acceptors (Lipinski definition) is 4. The standard InChI is InChI=1S/C15H22N2O3/c1-15(2,3)20-14(18)17-8-7-11-5-6-13(16-19-4)9-12(11)10-17/h5-6,9,16H,7-8,10H2,1-4H3. The van der Waals surface area contributed by atoms with Crippen molar-refractivity contribution in [3.8, 4) is 0 Å².